The van der Waals surface area contributed by atoms with E-state index in [1.54, 1.807) is 0 Å². The molecule has 3 heterocycles. The van der Waals surface area contributed by atoms with Crippen molar-refractivity contribution in [1.82, 2.24) is 10.2 Å². The molecule has 2 saturated carbocycles. The van der Waals surface area contributed by atoms with Gasteiger partial charge in [-0.15, -0.1) is 0 Å². The number of nitrogens with zero attached hydrogens (tertiary/aromatic N) is 2. The Morgan fingerprint density at radius 2 is 1.80 bits per heavy atom. The SMILES string of the molecule is CCOC1=C2CCCCCC3CCCC3OC(=O)NC(C3CCCC3)C(=O)N3CC(CC3C(=O)O)OC2=NC2=CC=CC(C)C21. The van der Waals surface area contributed by atoms with E-state index in [1.807, 2.05) is 19.1 Å². The molecular formula is C35H49N3O7. The van der Waals surface area contributed by atoms with Crippen LogP contribution in [0.1, 0.15) is 97.3 Å². The predicted molar refractivity (Wildman–Crippen MR) is 168 cm³/mol. The predicted octanol–water partition coefficient (Wildman–Crippen LogP) is 5.88. The summed E-state index contributed by atoms with van der Waals surface area (Å²) in [6, 6.07) is -1.88. The molecule has 0 aromatic rings. The summed E-state index contributed by atoms with van der Waals surface area (Å²) in [7, 11) is 0. The molecule has 7 atom stereocenters. The molecule has 10 heteroatoms. The highest BCUT2D eigenvalue weighted by atomic mass is 16.6. The highest BCUT2D eigenvalue weighted by molar-refractivity contribution is 5.96. The van der Waals surface area contributed by atoms with Crippen LogP contribution in [0.5, 0.6) is 0 Å². The highest BCUT2D eigenvalue weighted by Crippen LogP contribution is 2.42. The molecule has 0 radical (unpaired) electrons. The topological polar surface area (TPSA) is 127 Å². The Morgan fingerprint density at radius 3 is 2.58 bits per heavy atom. The number of ether oxygens (including phenoxy) is 3. The van der Waals surface area contributed by atoms with E-state index in [9.17, 15) is 19.5 Å². The van der Waals surface area contributed by atoms with Crippen LogP contribution < -0.4 is 5.32 Å². The molecule has 246 valence electrons. The van der Waals surface area contributed by atoms with Crippen molar-refractivity contribution in [2.45, 2.75) is 122 Å². The zero-order valence-electron chi connectivity index (χ0n) is 26.7. The quantitative estimate of drug-likeness (QED) is 0.400. The van der Waals surface area contributed by atoms with Gasteiger partial charge < -0.3 is 29.5 Å². The van der Waals surface area contributed by atoms with Gasteiger partial charge in [-0.05, 0) is 82.1 Å². The van der Waals surface area contributed by atoms with Gasteiger partial charge in [0.05, 0.1) is 30.3 Å². The maximum absolute atomic E-state index is 14.2. The van der Waals surface area contributed by atoms with Crippen molar-refractivity contribution >= 4 is 23.9 Å². The number of hydrogen-bond donors (Lipinski definition) is 2. The van der Waals surface area contributed by atoms with Crippen LogP contribution in [0.3, 0.4) is 0 Å². The van der Waals surface area contributed by atoms with E-state index >= 15 is 0 Å². The Hall–Kier alpha value is -3.30. The number of hydrogen-bond acceptors (Lipinski definition) is 7. The van der Waals surface area contributed by atoms with E-state index in [4.69, 9.17) is 19.2 Å². The molecule has 10 nitrogen and oxygen atoms in total. The van der Waals surface area contributed by atoms with Crippen LogP contribution in [-0.2, 0) is 23.8 Å². The second-order valence-electron chi connectivity index (χ2n) is 13.7. The minimum Gasteiger partial charge on any atom is -0.497 e. The van der Waals surface area contributed by atoms with E-state index in [-0.39, 0.29) is 42.7 Å². The van der Waals surface area contributed by atoms with Gasteiger partial charge in [0, 0.05) is 6.42 Å². The molecule has 6 rings (SSSR count). The zero-order chi connectivity index (χ0) is 31.5. The van der Waals surface area contributed by atoms with Gasteiger partial charge in [0.2, 0.25) is 11.8 Å². The summed E-state index contributed by atoms with van der Waals surface area (Å²) in [6.45, 7) is 4.80. The first-order chi connectivity index (χ1) is 21.8. The third-order valence-corrected chi connectivity index (χ3v) is 10.8. The molecule has 2 bridgehead atoms. The van der Waals surface area contributed by atoms with Crippen LogP contribution in [0, 0.1) is 23.7 Å². The van der Waals surface area contributed by atoms with E-state index in [0.717, 1.165) is 94.1 Å². The van der Waals surface area contributed by atoms with E-state index in [1.165, 1.54) is 4.90 Å². The second-order valence-corrected chi connectivity index (χ2v) is 13.7. The number of amides is 2. The fraction of sp³-hybridized carbons (Fsp3) is 0.714. The summed E-state index contributed by atoms with van der Waals surface area (Å²) in [5, 5.41) is 13.2. The van der Waals surface area contributed by atoms with Crippen LogP contribution in [0.2, 0.25) is 0 Å². The number of carbonyl (C=O) groups is 3. The van der Waals surface area contributed by atoms with Crippen LogP contribution in [0.15, 0.2) is 40.2 Å². The summed E-state index contributed by atoms with van der Waals surface area (Å²) in [5.41, 5.74) is 1.84. The Kier molecular flexibility index (Phi) is 9.85. The molecule has 0 aromatic heterocycles. The normalized spacial score (nSPS) is 34.7. The van der Waals surface area contributed by atoms with E-state index < -0.39 is 30.3 Å². The molecule has 4 fully saturated rings. The number of nitrogens with one attached hydrogen (secondary N) is 1. The van der Waals surface area contributed by atoms with Crippen molar-refractivity contribution in [3.05, 3.63) is 35.3 Å². The molecule has 2 amide bonds. The maximum Gasteiger partial charge on any atom is 0.408 e. The molecule has 2 saturated heterocycles. The highest BCUT2D eigenvalue weighted by Gasteiger charge is 2.47. The number of allylic oxidation sites excluding steroid dienone is 3. The van der Waals surface area contributed by atoms with Crippen molar-refractivity contribution in [2.75, 3.05) is 13.2 Å². The lowest BCUT2D eigenvalue weighted by molar-refractivity contribution is -0.149. The van der Waals surface area contributed by atoms with Crippen molar-refractivity contribution in [3.63, 3.8) is 0 Å². The minimum atomic E-state index is -1.08. The largest absolute Gasteiger partial charge is 0.497 e. The lowest BCUT2D eigenvalue weighted by Crippen LogP contribution is -2.55. The molecule has 3 aliphatic carbocycles. The number of rotatable bonds is 4. The van der Waals surface area contributed by atoms with Crippen molar-refractivity contribution in [3.8, 4) is 0 Å². The van der Waals surface area contributed by atoms with Gasteiger partial charge >= 0.3 is 12.1 Å². The first kappa shape index (κ1) is 31.7. The van der Waals surface area contributed by atoms with Crippen molar-refractivity contribution in [2.24, 2.45) is 28.7 Å². The molecule has 0 aromatic carbocycles. The Labute approximate surface area is 266 Å². The number of alkyl carbamates (subject to hydrolysis) is 1. The molecule has 2 N–H and O–H groups in total. The van der Waals surface area contributed by atoms with Crippen LogP contribution in [0.25, 0.3) is 0 Å². The minimum absolute atomic E-state index is 0.00996. The molecule has 3 aliphatic heterocycles. The monoisotopic (exact) mass is 623 g/mol. The number of carbonyl (C=O) groups excluding carboxylic acids is 2. The van der Waals surface area contributed by atoms with Crippen molar-refractivity contribution < 1.29 is 33.7 Å². The third-order valence-electron chi connectivity index (χ3n) is 10.8. The summed E-state index contributed by atoms with van der Waals surface area (Å²) in [6.07, 6.45) is 16.2. The summed E-state index contributed by atoms with van der Waals surface area (Å²) in [5.74, 6) is 0.416. The van der Waals surface area contributed by atoms with Crippen LogP contribution in [-0.4, -0.2) is 71.3 Å². The lowest BCUT2D eigenvalue weighted by atomic mass is 9.81. The van der Waals surface area contributed by atoms with E-state index in [2.05, 4.69) is 18.3 Å². The number of dihydropyridines is 1. The Balaban J connectivity index is 1.34. The van der Waals surface area contributed by atoms with Gasteiger partial charge in [-0.3, -0.25) is 4.79 Å². The standard InChI is InChI=1S/C35H49N3O7/c1-3-43-31-25-16-6-4-5-12-22-15-10-18-28(22)45-35(42)37-30(23-13-7-8-14-23)33(39)38-20-24(19-27(38)34(40)41)44-32(25)36-26-17-9-11-21(2)29(26)31/h9,11,17,21-24,27-30H,3-8,10,12-16,18-20H2,1-2H3,(H,37,42)(H,40,41). The summed E-state index contributed by atoms with van der Waals surface area (Å²) < 4.78 is 18.9. The van der Waals surface area contributed by atoms with Gasteiger partial charge in [0.1, 0.15) is 30.1 Å². The Morgan fingerprint density at radius 1 is 1.04 bits per heavy atom. The number of fused-ring (bicyclic) bond motifs is 5. The van der Waals surface area contributed by atoms with Gasteiger partial charge in [0.25, 0.3) is 0 Å². The van der Waals surface area contributed by atoms with Crippen LogP contribution in [0.4, 0.5) is 4.79 Å². The number of aliphatic imine (C=N–C) groups is 1. The summed E-state index contributed by atoms with van der Waals surface area (Å²) in [4.78, 5) is 46.4. The number of carboxylic acids is 1. The molecule has 45 heavy (non-hydrogen) atoms. The average Bonchev–Trinajstić information content (AvgIpc) is 3.78. The maximum atomic E-state index is 14.2. The van der Waals surface area contributed by atoms with Gasteiger partial charge in [-0.1, -0.05) is 44.8 Å². The van der Waals surface area contributed by atoms with Gasteiger partial charge in [-0.2, -0.15) is 0 Å². The zero-order valence-corrected chi connectivity index (χ0v) is 26.7. The van der Waals surface area contributed by atoms with Gasteiger partial charge in [0.15, 0.2) is 0 Å². The average molecular weight is 624 g/mol. The molecule has 0 spiro atoms. The van der Waals surface area contributed by atoms with Gasteiger partial charge in [-0.25, -0.2) is 14.6 Å². The molecule has 7 unspecified atom stereocenters. The first-order valence-corrected chi connectivity index (χ1v) is 17.3. The Bertz CT molecular complexity index is 1270. The summed E-state index contributed by atoms with van der Waals surface area (Å²) >= 11 is 0. The molecule has 6 aliphatic rings. The third kappa shape index (κ3) is 6.80. The van der Waals surface area contributed by atoms with E-state index in [0.29, 0.717) is 18.4 Å². The number of aliphatic carboxylic acids is 1. The lowest BCUT2D eigenvalue weighted by Gasteiger charge is -2.34. The van der Waals surface area contributed by atoms with Crippen molar-refractivity contribution in [1.29, 1.82) is 0 Å². The molecular weight excluding hydrogens is 574 g/mol. The first-order valence-electron chi connectivity index (χ1n) is 17.3. The smallest absolute Gasteiger partial charge is 0.408 e. The fourth-order valence-corrected chi connectivity index (χ4v) is 8.47. The second kappa shape index (κ2) is 14.0. The van der Waals surface area contributed by atoms with Crippen LogP contribution >= 0.6 is 0 Å². The number of carboxylic acid groups (broad SMARTS) is 1. The fourth-order valence-electron chi connectivity index (χ4n) is 8.47.